The lowest BCUT2D eigenvalue weighted by Crippen LogP contribution is -2.19. The average molecular weight is 264 g/mol. The van der Waals surface area contributed by atoms with Crippen LogP contribution >= 0.6 is 0 Å². The Hall–Kier alpha value is -2.10. The third kappa shape index (κ3) is 4.58. The Balaban J connectivity index is 1.99. The topological polar surface area (TPSA) is 18.5 Å². The molecule has 0 aliphatic carbocycles. The molecule has 0 heterocycles. The summed E-state index contributed by atoms with van der Waals surface area (Å²) in [6.45, 7) is 1.08. The Morgan fingerprint density at radius 1 is 0.947 bits per heavy atom. The number of alkyl halides is 2. The van der Waals surface area contributed by atoms with Crippen LogP contribution in [-0.2, 0) is 6.61 Å². The van der Waals surface area contributed by atoms with Crippen LogP contribution in [0, 0.1) is 0 Å². The van der Waals surface area contributed by atoms with Gasteiger partial charge in [0.2, 0.25) is 0 Å². The summed E-state index contributed by atoms with van der Waals surface area (Å²) in [5.74, 6) is 0.573. The van der Waals surface area contributed by atoms with Crippen molar-refractivity contribution in [1.29, 1.82) is 0 Å². The number of benzene rings is 2. The van der Waals surface area contributed by atoms with Crippen molar-refractivity contribution in [2.75, 3.05) is 0 Å². The molecular formula is C15H14F2O2. The minimum Gasteiger partial charge on any atom is -0.489 e. The van der Waals surface area contributed by atoms with Gasteiger partial charge in [0.25, 0.3) is 0 Å². The van der Waals surface area contributed by atoms with E-state index in [0.717, 1.165) is 5.56 Å². The maximum Gasteiger partial charge on any atom is 0.394 e. The van der Waals surface area contributed by atoms with Crippen molar-refractivity contribution in [3.8, 4) is 11.5 Å². The first-order valence-corrected chi connectivity index (χ1v) is 5.86. The summed E-state index contributed by atoms with van der Waals surface area (Å²) in [6, 6.07) is 15.8. The van der Waals surface area contributed by atoms with Gasteiger partial charge < -0.3 is 9.47 Å². The van der Waals surface area contributed by atoms with E-state index >= 15 is 0 Å². The number of halogens is 2. The summed E-state index contributed by atoms with van der Waals surface area (Å²) < 4.78 is 35.5. The van der Waals surface area contributed by atoms with Crippen LogP contribution in [0.1, 0.15) is 12.5 Å². The average Bonchev–Trinajstić information content (AvgIpc) is 2.36. The molecule has 0 N–H and O–H groups in total. The smallest absolute Gasteiger partial charge is 0.394 e. The zero-order valence-corrected chi connectivity index (χ0v) is 10.5. The number of ether oxygens (including phenoxy) is 2. The molecule has 0 aliphatic rings. The van der Waals surface area contributed by atoms with Crippen molar-refractivity contribution < 1.29 is 18.3 Å². The fourth-order valence-corrected chi connectivity index (χ4v) is 1.58. The number of hydrogen-bond acceptors (Lipinski definition) is 2. The van der Waals surface area contributed by atoms with Crippen molar-refractivity contribution in [2.24, 2.45) is 0 Å². The molecule has 0 aromatic heterocycles. The first-order chi connectivity index (χ1) is 9.03. The summed E-state index contributed by atoms with van der Waals surface area (Å²) in [7, 11) is 0. The van der Waals surface area contributed by atoms with E-state index in [2.05, 4.69) is 4.74 Å². The lowest BCUT2D eigenvalue weighted by Gasteiger charge is -2.14. The Labute approximate surface area is 110 Å². The van der Waals surface area contributed by atoms with E-state index in [1.165, 1.54) is 12.1 Å². The molecule has 0 aliphatic heterocycles. The molecule has 0 bridgehead atoms. The Morgan fingerprint density at radius 3 is 2.32 bits per heavy atom. The molecule has 19 heavy (non-hydrogen) atoms. The van der Waals surface area contributed by atoms with Gasteiger partial charge in [-0.3, -0.25) is 0 Å². The Kier molecular flexibility index (Phi) is 4.00. The van der Waals surface area contributed by atoms with E-state index in [4.69, 9.17) is 4.74 Å². The third-order valence-electron chi connectivity index (χ3n) is 2.35. The first-order valence-electron chi connectivity index (χ1n) is 5.86. The fraction of sp³-hybridized carbons (Fsp3) is 0.200. The number of rotatable bonds is 5. The first kappa shape index (κ1) is 13.3. The van der Waals surface area contributed by atoms with Gasteiger partial charge in [0.05, 0.1) is 0 Å². The summed E-state index contributed by atoms with van der Waals surface area (Å²) in [4.78, 5) is 0. The van der Waals surface area contributed by atoms with Gasteiger partial charge in [-0.2, -0.15) is 8.78 Å². The summed E-state index contributed by atoms with van der Waals surface area (Å²) in [5, 5.41) is 0. The second-order valence-electron chi connectivity index (χ2n) is 4.16. The van der Waals surface area contributed by atoms with E-state index in [1.54, 1.807) is 12.1 Å². The molecular weight excluding hydrogens is 250 g/mol. The second kappa shape index (κ2) is 5.69. The summed E-state index contributed by atoms with van der Waals surface area (Å²) in [6.07, 6.45) is -3.20. The zero-order valence-electron chi connectivity index (χ0n) is 10.5. The summed E-state index contributed by atoms with van der Waals surface area (Å²) in [5.41, 5.74) is 1.01. The van der Waals surface area contributed by atoms with Crippen molar-refractivity contribution in [3.05, 3.63) is 60.2 Å². The van der Waals surface area contributed by atoms with Gasteiger partial charge in [0.1, 0.15) is 18.1 Å². The van der Waals surface area contributed by atoms with Crippen LogP contribution in [0.4, 0.5) is 8.78 Å². The van der Waals surface area contributed by atoms with E-state index < -0.39 is 6.11 Å². The van der Waals surface area contributed by atoms with Crippen LogP contribution in [0.25, 0.3) is 0 Å². The van der Waals surface area contributed by atoms with Crippen LogP contribution in [0.3, 0.4) is 0 Å². The third-order valence-corrected chi connectivity index (χ3v) is 2.35. The van der Waals surface area contributed by atoms with Gasteiger partial charge in [-0.25, -0.2) is 0 Å². The minimum absolute atomic E-state index is 0.0815. The highest BCUT2D eigenvalue weighted by molar-refractivity contribution is 5.33. The molecule has 2 rings (SSSR count). The standard InChI is InChI=1S/C15H14F2O2/c1-15(16,17)19-14-9-5-8-13(10-14)18-11-12-6-3-2-4-7-12/h2-10H,11H2,1H3. The van der Waals surface area contributed by atoms with E-state index in [1.807, 2.05) is 30.3 Å². The quantitative estimate of drug-likeness (QED) is 0.803. The predicted octanol–water partition coefficient (Wildman–Crippen LogP) is 4.26. The van der Waals surface area contributed by atoms with Crippen molar-refractivity contribution in [3.63, 3.8) is 0 Å². The molecule has 0 spiro atoms. The molecule has 0 atom stereocenters. The molecule has 100 valence electrons. The van der Waals surface area contributed by atoms with Crippen LogP contribution in [-0.4, -0.2) is 6.11 Å². The van der Waals surface area contributed by atoms with Gasteiger partial charge in [0, 0.05) is 13.0 Å². The fourth-order valence-electron chi connectivity index (χ4n) is 1.58. The highest BCUT2D eigenvalue weighted by Crippen LogP contribution is 2.25. The minimum atomic E-state index is -3.20. The second-order valence-corrected chi connectivity index (χ2v) is 4.16. The number of hydrogen-bond donors (Lipinski definition) is 0. The van der Waals surface area contributed by atoms with Crippen LogP contribution in [0.2, 0.25) is 0 Å². The Bertz CT molecular complexity index is 521. The molecule has 0 saturated carbocycles. The monoisotopic (exact) mass is 264 g/mol. The molecule has 2 aromatic carbocycles. The van der Waals surface area contributed by atoms with Gasteiger partial charge >= 0.3 is 6.11 Å². The highest BCUT2D eigenvalue weighted by Gasteiger charge is 2.23. The van der Waals surface area contributed by atoms with E-state index in [-0.39, 0.29) is 5.75 Å². The largest absolute Gasteiger partial charge is 0.489 e. The van der Waals surface area contributed by atoms with E-state index in [0.29, 0.717) is 19.3 Å². The molecule has 2 nitrogen and oxygen atoms in total. The van der Waals surface area contributed by atoms with Crippen molar-refractivity contribution in [1.82, 2.24) is 0 Å². The van der Waals surface area contributed by atoms with E-state index in [9.17, 15) is 8.78 Å². The van der Waals surface area contributed by atoms with Crippen molar-refractivity contribution in [2.45, 2.75) is 19.6 Å². The van der Waals surface area contributed by atoms with Gasteiger partial charge in [-0.15, -0.1) is 0 Å². The van der Waals surface area contributed by atoms with Crippen LogP contribution in [0.15, 0.2) is 54.6 Å². The normalized spacial score (nSPS) is 11.1. The SMILES string of the molecule is CC(F)(F)Oc1cccc(OCc2ccccc2)c1. The van der Waals surface area contributed by atoms with Gasteiger partial charge in [0.15, 0.2) is 0 Å². The molecule has 0 fully saturated rings. The zero-order chi connectivity index (χ0) is 13.7. The lowest BCUT2D eigenvalue weighted by atomic mass is 10.2. The Morgan fingerprint density at radius 2 is 1.63 bits per heavy atom. The van der Waals surface area contributed by atoms with Crippen LogP contribution in [0.5, 0.6) is 11.5 Å². The molecule has 0 amide bonds. The molecule has 0 saturated heterocycles. The predicted molar refractivity (Wildman–Crippen MR) is 68.5 cm³/mol. The maximum atomic E-state index is 12.7. The van der Waals surface area contributed by atoms with Gasteiger partial charge in [-0.1, -0.05) is 36.4 Å². The van der Waals surface area contributed by atoms with Crippen molar-refractivity contribution >= 4 is 0 Å². The summed E-state index contributed by atoms with van der Waals surface area (Å²) >= 11 is 0. The lowest BCUT2D eigenvalue weighted by molar-refractivity contribution is -0.159. The molecule has 4 heteroatoms. The molecule has 0 radical (unpaired) electrons. The highest BCUT2D eigenvalue weighted by atomic mass is 19.3. The maximum absolute atomic E-state index is 12.7. The molecule has 2 aromatic rings. The van der Waals surface area contributed by atoms with Gasteiger partial charge in [-0.05, 0) is 17.7 Å². The molecule has 0 unspecified atom stereocenters. The van der Waals surface area contributed by atoms with Crippen LogP contribution < -0.4 is 9.47 Å².